The van der Waals surface area contributed by atoms with Crippen LogP contribution >= 0.6 is 0 Å². The Bertz CT molecular complexity index is 714. The summed E-state index contributed by atoms with van der Waals surface area (Å²) in [6, 6.07) is 3.81. The summed E-state index contributed by atoms with van der Waals surface area (Å²) < 4.78 is 41.3. The third-order valence-corrected chi connectivity index (χ3v) is 5.92. The van der Waals surface area contributed by atoms with Gasteiger partial charge in [-0.1, -0.05) is 12.2 Å². The van der Waals surface area contributed by atoms with E-state index in [0.29, 0.717) is 31.6 Å². The van der Waals surface area contributed by atoms with Crippen molar-refractivity contribution in [1.29, 1.82) is 0 Å². The molecule has 0 amide bonds. The zero-order chi connectivity index (χ0) is 16.5. The first kappa shape index (κ1) is 16.4. The van der Waals surface area contributed by atoms with Crippen molar-refractivity contribution in [2.75, 3.05) is 24.5 Å². The molecule has 1 aliphatic heterocycles. The lowest BCUT2D eigenvalue weighted by Gasteiger charge is -2.36. The fourth-order valence-electron chi connectivity index (χ4n) is 2.89. The van der Waals surface area contributed by atoms with Crippen LogP contribution in [-0.2, 0) is 10.0 Å². The number of halogens is 1. The first-order valence-corrected chi connectivity index (χ1v) is 9.30. The maximum atomic E-state index is 13.6. The lowest BCUT2D eigenvalue weighted by molar-refractivity contribution is -0.0270. The summed E-state index contributed by atoms with van der Waals surface area (Å²) in [5.74, 6) is -0.593. The topological polar surface area (TPSA) is 69.6 Å². The minimum absolute atomic E-state index is 0.0365. The number of nitrogens with zero attached hydrogens (tertiary/aromatic N) is 1. The zero-order valence-corrected chi connectivity index (χ0v) is 13.7. The number of hydrogen-bond donors (Lipinski definition) is 2. The van der Waals surface area contributed by atoms with Crippen molar-refractivity contribution >= 4 is 15.7 Å². The summed E-state index contributed by atoms with van der Waals surface area (Å²) in [5, 5.41) is 10.1. The average Bonchev–Trinajstić information content (AvgIpc) is 2.52. The van der Waals surface area contributed by atoms with Gasteiger partial charge in [0.2, 0.25) is 10.0 Å². The zero-order valence-electron chi connectivity index (χ0n) is 12.8. The highest BCUT2D eigenvalue weighted by molar-refractivity contribution is 7.89. The number of rotatable bonds is 5. The van der Waals surface area contributed by atoms with E-state index in [-0.39, 0.29) is 11.4 Å². The molecule has 1 fully saturated rings. The van der Waals surface area contributed by atoms with Crippen LogP contribution in [0.1, 0.15) is 25.7 Å². The first-order valence-electron chi connectivity index (χ1n) is 7.81. The smallest absolute Gasteiger partial charge is 0.242 e. The number of hydrogen-bond acceptors (Lipinski definition) is 4. The number of anilines is 1. The summed E-state index contributed by atoms with van der Waals surface area (Å²) in [5.41, 5.74) is -0.474. The highest BCUT2D eigenvalue weighted by Gasteiger charge is 2.36. The van der Waals surface area contributed by atoms with Gasteiger partial charge in [0.25, 0.3) is 0 Å². The van der Waals surface area contributed by atoms with E-state index >= 15 is 0 Å². The molecule has 1 aliphatic carbocycles. The van der Waals surface area contributed by atoms with Crippen LogP contribution in [-0.4, -0.2) is 38.8 Å². The van der Waals surface area contributed by atoms with Crippen molar-refractivity contribution in [1.82, 2.24) is 4.72 Å². The molecular weight excluding hydrogens is 319 g/mol. The van der Waals surface area contributed by atoms with Gasteiger partial charge in [-0.15, -0.1) is 0 Å². The Morgan fingerprint density at radius 2 is 2.09 bits per heavy atom. The Hall–Kier alpha value is -1.44. The fraction of sp³-hybridized carbons (Fsp3) is 0.500. The van der Waals surface area contributed by atoms with Crippen LogP contribution in [0.15, 0.2) is 35.2 Å². The quantitative estimate of drug-likeness (QED) is 0.802. The molecule has 1 aromatic carbocycles. The monoisotopic (exact) mass is 340 g/mol. The normalized spacial score (nSPS) is 20.3. The second-order valence-electron chi connectivity index (χ2n) is 6.22. The van der Waals surface area contributed by atoms with Gasteiger partial charge in [-0.25, -0.2) is 17.5 Å². The Kier molecular flexibility index (Phi) is 4.44. The predicted molar refractivity (Wildman–Crippen MR) is 86.4 cm³/mol. The Balaban J connectivity index is 1.87. The maximum absolute atomic E-state index is 13.6. The van der Waals surface area contributed by atoms with E-state index in [0.717, 1.165) is 18.9 Å². The fourth-order valence-corrected chi connectivity index (χ4v) is 4.25. The highest BCUT2D eigenvalue weighted by Crippen LogP contribution is 2.32. The molecule has 0 saturated heterocycles. The Morgan fingerprint density at radius 3 is 2.70 bits per heavy atom. The van der Waals surface area contributed by atoms with Gasteiger partial charge in [0.15, 0.2) is 0 Å². The largest absolute Gasteiger partial charge is 0.389 e. The minimum atomic E-state index is -3.89. The van der Waals surface area contributed by atoms with Crippen molar-refractivity contribution in [3.05, 3.63) is 36.2 Å². The van der Waals surface area contributed by atoms with Gasteiger partial charge in [0, 0.05) is 19.6 Å². The summed E-state index contributed by atoms with van der Waals surface area (Å²) in [6.07, 6.45) is 6.89. The molecular formula is C16H21FN2O3S. The standard InChI is InChI=1S/C16H21FN2O3S/c17-13-5-6-14(19-9-2-1-3-10-19)15(11-13)23(21,22)18-12-16(20)7-4-8-16/h1-2,5-6,11,18,20H,3-4,7-10,12H2. The maximum Gasteiger partial charge on any atom is 0.242 e. The van der Waals surface area contributed by atoms with Crippen LogP contribution in [0.2, 0.25) is 0 Å². The van der Waals surface area contributed by atoms with E-state index in [9.17, 15) is 17.9 Å². The third kappa shape index (κ3) is 3.57. The molecule has 2 aliphatic rings. The second kappa shape index (κ2) is 6.22. The van der Waals surface area contributed by atoms with Gasteiger partial charge < -0.3 is 10.0 Å². The number of aliphatic hydroxyl groups is 1. The molecule has 1 heterocycles. The molecule has 5 nitrogen and oxygen atoms in total. The molecule has 0 aromatic heterocycles. The Labute approximate surface area is 135 Å². The molecule has 1 aromatic rings. The van der Waals surface area contributed by atoms with Gasteiger partial charge >= 0.3 is 0 Å². The Morgan fingerprint density at radius 1 is 1.30 bits per heavy atom. The van der Waals surface area contributed by atoms with Crippen LogP contribution in [0, 0.1) is 5.82 Å². The predicted octanol–water partition coefficient (Wildman–Crippen LogP) is 1.79. The van der Waals surface area contributed by atoms with Crippen molar-refractivity contribution in [2.45, 2.75) is 36.2 Å². The molecule has 0 bridgehead atoms. The van der Waals surface area contributed by atoms with Gasteiger partial charge in [0.05, 0.1) is 11.3 Å². The van der Waals surface area contributed by atoms with E-state index in [4.69, 9.17) is 0 Å². The van der Waals surface area contributed by atoms with Gasteiger partial charge in [0.1, 0.15) is 10.7 Å². The molecule has 126 valence electrons. The minimum Gasteiger partial charge on any atom is -0.389 e. The van der Waals surface area contributed by atoms with Crippen LogP contribution < -0.4 is 9.62 Å². The summed E-state index contributed by atoms with van der Waals surface area (Å²) in [7, 11) is -3.89. The van der Waals surface area contributed by atoms with E-state index in [1.54, 1.807) is 0 Å². The van der Waals surface area contributed by atoms with Gasteiger partial charge in [-0.3, -0.25) is 0 Å². The van der Waals surface area contributed by atoms with E-state index < -0.39 is 21.4 Å². The number of nitrogens with one attached hydrogen (secondary N) is 1. The SMILES string of the molecule is O=S(=O)(NCC1(O)CCC1)c1cc(F)ccc1N1CC=CCC1. The van der Waals surface area contributed by atoms with E-state index in [2.05, 4.69) is 4.72 Å². The molecule has 7 heteroatoms. The second-order valence-corrected chi connectivity index (χ2v) is 7.96. The van der Waals surface area contributed by atoms with Gasteiger partial charge in [-0.05, 0) is 43.9 Å². The lowest BCUT2D eigenvalue weighted by atomic mass is 9.81. The third-order valence-electron chi connectivity index (χ3n) is 4.49. The molecule has 0 radical (unpaired) electrons. The molecule has 0 atom stereocenters. The van der Waals surface area contributed by atoms with Crippen molar-refractivity contribution in [3.63, 3.8) is 0 Å². The summed E-state index contributed by atoms with van der Waals surface area (Å²) in [4.78, 5) is 1.84. The molecule has 1 saturated carbocycles. The molecule has 3 rings (SSSR count). The highest BCUT2D eigenvalue weighted by atomic mass is 32.2. The summed E-state index contributed by atoms with van der Waals surface area (Å²) >= 11 is 0. The molecule has 0 spiro atoms. The molecule has 23 heavy (non-hydrogen) atoms. The number of sulfonamides is 1. The van der Waals surface area contributed by atoms with Gasteiger partial charge in [-0.2, -0.15) is 0 Å². The van der Waals surface area contributed by atoms with Crippen molar-refractivity contribution in [2.24, 2.45) is 0 Å². The molecule has 2 N–H and O–H groups in total. The van der Waals surface area contributed by atoms with E-state index in [1.165, 1.54) is 12.1 Å². The van der Waals surface area contributed by atoms with Crippen LogP contribution in [0.25, 0.3) is 0 Å². The van der Waals surface area contributed by atoms with E-state index in [1.807, 2.05) is 17.1 Å². The van der Waals surface area contributed by atoms with Crippen LogP contribution in [0.3, 0.4) is 0 Å². The average molecular weight is 340 g/mol. The summed E-state index contributed by atoms with van der Waals surface area (Å²) in [6.45, 7) is 1.25. The van der Waals surface area contributed by atoms with Crippen LogP contribution in [0.5, 0.6) is 0 Å². The first-order chi connectivity index (χ1) is 10.9. The number of benzene rings is 1. The lowest BCUT2D eigenvalue weighted by Crippen LogP contribution is -2.47. The molecule has 0 unspecified atom stereocenters. The van der Waals surface area contributed by atoms with Crippen molar-refractivity contribution in [3.8, 4) is 0 Å². The van der Waals surface area contributed by atoms with Crippen molar-refractivity contribution < 1.29 is 17.9 Å². The van der Waals surface area contributed by atoms with Crippen LogP contribution in [0.4, 0.5) is 10.1 Å².